The van der Waals surface area contributed by atoms with E-state index in [1.165, 1.54) is 0 Å². The fourth-order valence-corrected chi connectivity index (χ4v) is 1.62. The van der Waals surface area contributed by atoms with Gasteiger partial charge in [-0.15, -0.1) is 10.2 Å². The zero-order valence-electron chi connectivity index (χ0n) is 12.5. The van der Waals surface area contributed by atoms with Crippen LogP contribution in [0.2, 0.25) is 0 Å². The van der Waals surface area contributed by atoms with Crippen LogP contribution in [0, 0.1) is 0 Å². The maximum atomic E-state index is 11.4. The van der Waals surface area contributed by atoms with Gasteiger partial charge in [0.05, 0.1) is 13.1 Å². The van der Waals surface area contributed by atoms with Crippen LogP contribution in [-0.2, 0) is 16.8 Å². The van der Waals surface area contributed by atoms with E-state index in [1.54, 1.807) is 7.05 Å². The summed E-state index contributed by atoms with van der Waals surface area (Å²) < 4.78 is 5.64. The Balaban J connectivity index is 2.68. The second-order valence-corrected chi connectivity index (χ2v) is 5.63. The highest BCUT2D eigenvalue weighted by atomic mass is 16.4. The molecule has 1 rings (SSSR count). The first-order chi connectivity index (χ1) is 8.86. The molecule has 0 aromatic carbocycles. The summed E-state index contributed by atoms with van der Waals surface area (Å²) in [5, 5.41) is 10.7. The lowest BCUT2D eigenvalue weighted by molar-refractivity contribution is -0.121. The number of hydrogen-bond donors (Lipinski definition) is 1. The third-order valence-corrected chi connectivity index (χ3v) is 2.65. The van der Waals surface area contributed by atoms with Crippen LogP contribution in [0.1, 0.15) is 45.9 Å². The second-order valence-electron chi connectivity index (χ2n) is 5.63. The molecule has 0 aliphatic rings. The molecular formula is C13H24N4O2. The van der Waals surface area contributed by atoms with Crippen LogP contribution in [0.3, 0.4) is 0 Å². The van der Waals surface area contributed by atoms with Gasteiger partial charge in [0.25, 0.3) is 0 Å². The van der Waals surface area contributed by atoms with Gasteiger partial charge in [0.1, 0.15) is 0 Å². The number of hydrogen-bond acceptors (Lipinski definition) is 5. The fourth-order valence-electron chi connectivity index (χ4n) is 1.62. The number of aromatic nitrogens is 2. The molecule has 0 atom stereocenters. The van der Waals surface area contributed by atoms with Crippen molar-refractivity contribution in [3.63, 3.8) is 0 Å². The van der Waals surface area contributed by atoms with Crippen LogP contribution in [-0.4, -0.2) is 41.1 Å². The molecule has 0 fully saturated rings. The van der Waals surface area contributed by atoms with E-state index in [0.29, 0.717) is 24.9 Å². The van der Waals surface area contributed by atoms with Crippen LogP contribution in [0.4, 0.5) is 0 Å². The minimum Gasteiger partial charge on any atom is -0.423 e. The minimum absolute atomic E-state index is 0.0102. The molecule has 1 aromatic rings. The number of likely N-dealkylation sites (N-methyl/N-ethyl adjacent to an activating group) is 1. The second kappa shape index (κ2) is 6.65. The van der Waals surface area contributed by atoms with Crippen molar-refractivity contribution in [2.75, 3.05) is 20.1 Å². The zero-order chi connectivity index (χ0) is 14.5. The third-order valence-electron chi connectivity index (χ3n) is 2.65. The van der Waals surface area contributed by atoms with E-state index in [-0.39, 0.29) is 11.3 Å². The van der Waals surface area contributed by atoms with Crippen molar-refractivity contribution in [3.8, 4) is 0 Å². The summed E-state index contributed by atoms with van der Waals surface area (Å²) in [5.74, 6) is 1.17. The highest BCUT2D eigenvalue weighted by molar-refractivity contribution is 5.77. The quantitative estimate of drug-likeness (QED) is 0.842. The maximum absolute atomic E-state index is 11.4. The maximum Gasteiger partial charge on any atom is 0.233 e. The van der Waals surface area contributed by atoms with Crippen molar-refractivity contribution in [1.29, 1.82) is 0 Å². The first-order valence-electron chi connectivity index (χ1n) is 6.62. The molecule has 0 saturated heterocycles. The molecule has 0 aliphatic heterocycles. The van der Waals surface area contributed by atoms with Gasteiger partial charge in [0, 0.05) is 12.5 Å². The Labute approximate surface area is 114 Å². The normalized spacial score (nSPS) is 11.9. The van der Waals surface area contributed by atoms with Crippen LogP contribution in [0.15, 0.2) is 4.42 Å². The summed E-state index contributed by atoms with van der Waals surface area (Å²) in [7, 11) is 1.64. The topological polar surface area (TPSA) is 71.3 Å². The first kappa shape index (κ1) is 15.6. The molecule has 0 saturated carbocycles. The molecule has 108 valence electrons. The summed E-state index contributed by atoms with van der Waals surface area (Å²) in [5.41, 5.74) is -0.151. The number of nitrogens with zero attached hydrogens (tertiary/aromatic N) is 3. The molecule has 1 N–H and O–H groups in total. The van der Waals surface area contributed by atoms with Crippen molar-refractivity contribution < 1.29 is 9.21 Å². The van der Waals surface area contributed by atoms with E-state index in [0.717, 1.165) is 13.0 Å². The average Bonchev–Trinajstić information content (AvgIpc) is 2.77. The molecule has 0 unspecified atom stereocenters. The lowest BCUT2D eigenvalue weighted by atomic mass is 9.97. The van der Waals surface area contributed by atoms with Gasteiger partial charge < -0.3 is 9.73 Å². The number of nitrogens with one attached hydrogen (secondary N) is 1. The molecule has 19 heavy (non-hydrogen) atoms. The fraction of sp³-hybridized carbons (Fsp3) is 0.769. The van der Waals surface area contributed by atoms with Crippen molar-refractivity contribution in [2.24, 2.45) is 0 Å². The Morgan fingerprint density at radius 1 is 1.37 bits per heavy atom. The molecule has 1 heterocycles. The van der Waals surface area contributed by atoms with Crippen LogP contribution in [0.25, 0.3) is 0 Å². The predicted octanol–water partition coefficient (Wildman–Crippen LogP) is 1.33. The molecular weight excluding hydrogens is 244 g/mol. The van der Waals surface area contributed by atoms with E-state index >= 15 is 0 Å². The van der Waals surface area contributed by atoms with Gasteiger partial charge in [-0.1, -0.05) is 27.7 Å². The van der Waals surface area contributed by atoms with Gasteiger partial charge >= 0.3 is 0 Å². The highest BCUT2D eigenvalue weighted by Gasteiger charge is 2.22. The molecule has 6 heteroatoms. The van der Waals surface area contributed by atoms with Crippen molar-refractivity contribution in [3.05, 3.63) is 11.8 Å². The van der Waals surface area contributed by atoms with Gasteiger partial charge in [-0.05, 0) is 13.0 Å². The first-order valence-corrected chi connectivity index (χ1v) is 6.62. The summed E-state index contributed by atoms with van der Waals surface area (Å²) in [6, 6.07) is 0. The molecule has 6 nitrogen and oxygen atoms in total. The van der Waals surface area contributed by atoms with E-state index in [1.807, 2.05) is 25.7 Å². The number of amides is 1. The van der Waals surface area contributed by atoms with Crippen LogP contribution in [0.5, 0.6) is 0 Å². The smallest absolute Gasteiger partial charge is 0.233 e. The summed E-state index contributed by atoms with van der Waals surface area (Å²) >= 11 is 0. The molecule has 0 spiro atoms. The monoisotopic (exact) mass is 268 g/mol. The standard InChI is InChI=1S/C13H24N4O2/c1-6-7-17(8-10(18)14-5)9-11-15-16-12(19-11)13(2,3)4/h6-9H2,1-5H3,(H,14,18). The van der Waals surface area contributed by atoms with Gasteiger partial charge in [0.15, 0.2) is 0 Å². The predicted molar refractivity (Wildman–Crippen MR) is 72.6 cm³/mol. The number of rotatable bonds is 6. The Kier molecular flexibility index (Phi) is 5.47. The highest BCUT2D eigenvalue weighted by Crippen LogP contribution is 2.20. The molecule has 0 aliphatic carbocycles. The van der Waals surface area contributed by atoms with Crippen LogP contribution >= 0.6 is 0 Å². The van der Waals surface area contributed by atoms with Gasteiger partial charge in [-0.2, -0.15) is 0 Å². The molecule has 1 aromatic heterocycles. The van der Waals surface area contributed by atoms with E-state index < -0.39 is 0 Å². The Morgan fingerprint density at radius 2 is 2.05 bits per heavy atom. The van der Waals surface area contributed by atoms with E-state index in [2.05, 4.69) is 22.4 Å². The van der Waals surface area contributed by atoms with Gasteiger partial charge in [-0.25, -0.2) is 0 Å². The number of carbonyl (C=O) groups excluding carboxylic acids is 1. The van der Waals surface area contributed by atoms with Crippen molar-refractivity contribution >= 4 is 5.91 Å². The Bertz CT molecular complexity index is 409. The van der Waals surface area contributed by atoms with E-state index in [9.17, 15) is 4.79 Å². The lowest BCUT2D eigenvalue weighted by Crippen LogP contribution is -2.35. The largest absolute Gasteiger partial charge is 0.423 e. The Morgan fingerprint density at radius 3 is 2.53 bits per heavy atom. The zero-order valence-corrected chi connectivity index (χ0v) is 12.5. The van der Waals surface area contributed by atoms with Gasteiger partial charge in [0.2, 0.25) is 17.7 Å². The summed E-state index contributed by atoms with van der Waals surface area (Å²) in [4.78, 5) is 13.4. The van der Waals surface area contributed by atoms with E-state index in [4.69, 9.17) is 4.42 Å². The molecule has 0 radical (unpaired) electrons. The van der Waals surface area contributed by atoms with Crippen molar-refractivity contribution in [1.82, 2.24) is 20.4 Å². The van der Waals surface area contributed by atoms with Crippen molar-refractivity contribution in [2.45, 2.75) is 46.1 Å². The average molecular weight is 268 g/mol. The van der Waals surface area contributed by atoms with Gasteiger partial charge in [-0.3, -0.25) is 9.69 Å². The summed E-state index contributed by atoms with van der Waals surface area (Å²) in [6.45, 7) is 9.82. The molecule has 1 amide bonds. The SMILES string of the molecule is CCCN(CC(=O)NC)Cc1nnc(C(C)(C)C)o1. The number of carbonyl (C=O) groups is 1. The Hall–Kier alpha value is -1.43. The minimum atomic E-state index is -0.151. The third kappa shape index (κ3) is 4.98. The summed E-state index contributed by atoms with van der Waals surface area (Å²) in [6.07, 6.45) is 0.970. The lowest BCUT2D eigenvalue weighted by Gasteiger charge is -2.18. The molecule has 0 bridgehead atoms. The van der Waals surface area contributed by atoms with Crippen LogP contribution < -0.4 is 5.32 Å².